The number of benzene rings is 4. The fourth-order valence-electron chi connectivity index (χ4n) is 5.52. The summed E-state index contributed by atoms with van der Waals surface area (Å²) in [7, 11) is 0. The third-order valence-electron chi connectivity index (χ3n) is 7.70. The van der Waals surface area contributed by atoms with E-state index in [4.69, 9.17) is 11.6 Å². The van der Waals surface area contributed by atoms with Crippen LogP contribution in [-0.2, 0) is 5.75 Å². The lowest BCUT2D eigenvalue weighted by Crippen LogP contribution is -2.29. The van der Waals surface area contributed by atoms with Crippen molar-refractivity contribution in [2.75, 3.05) is 5.32 Å². The summed E-state index contributed by atoms with van der Waals surface area (Å²) in [6, 6.07) is 32.9. The molecule has 200 valence electrons. The first-order valence-corrected chi connectivity index (χ1v) is 14.9. The van der Waals surface area contributed by atoms with Crippen LogP contribution in [0, 0.1) is 5.92 Å². The number of hydrogen-bond acceptors (Lipinski definition) is 4. The molecule has 6 rings (SSSR count). The van der Waals surface area contributed by atoms with Gasteiger partial charge in [-0.2, -0.15) is 5.10 Å². The van der Waals surface area contributed by atoms with Gasteiger partial charge in [0.15, 0.2) is 0 Å². The Bertz CT molecular complexity index is 1570. The van der Waals surface area contributed by atoms with Crippen LogP contribution < -0.4 is 10.7 Å². The van der Waals surface area contributed by atoms with Gasteiger partial charge in [-0.1, -0.05) is 72.3 Å². The molecule has 0 radical (unpaired) electrons. The summed E-state index contributed by atoms with van der Waals surface area (Å²) in [6.45, 7) is 1.93. The summed E-state index contributed by atoms with van der Waals surface area (Å²) in [5.74, 6) is 1.44. The first kappa shape index (κ1) is 26.4. The summed E-state index contributed by atoms with van der Waals surface area (Å²) < 4.78 is 0. The van der Waals surface area contributed by atoms with Crippen molar-refractivity contribution < 1.29 is 4.79 Å². The molecule has 40 heavy (non-hydrogen) atoms. The van der Waals surface area contributed by atoms with Crippen molar-refractivity contribution in [3.63, 3.8) is 0 Å². The van der Waals surface area contributed by atoms with E-state index in [1.54, 1.807) is 11.8 Å². The molecule has 0 spiro atoms. The Balaban J connectivity index is 1.11. The molecule has 0 saturated heterocycles. The molecule has 0 fully saturated rings. The summed E-state index contributed by atoms with van der Waals surface area (Å²) in [5.41, 5.74) is 10.0. The third-order valence-corrected chi connectivity index (χ3v) is 9.03. The number of nitrogens with zero attached hydrogens (tertiary/aromatic N) is 1. The Morgan fingerprint density at radius 1 is 0.975 bits per heavy atom. The van der Waals surface area contributed by atoms with Gasteiger partial charge in [-0.25, -0.2) is 5.43 Å². The van der Waals surface area contributed by atoms with Crippen LogP contribution in [0.25, 0.3) is 0 Å². The molecule has 2 N–H and O–H groups in total. The molecule has 0 aromatic heterocycles. The lowest BCUT2D eigenvalue weighted by atomic mass is 9.76. The number of nitrogens with one attached hydrogen (secondary N) is 2. The topological polar surface area (TPSA) is 53.5 Å². The lowest BCUT2D eigenvalue weighted by molar-refractivity contribution is 0.0955. The van der Waals surface area contributed by atoms with Crippen molar-refractivity contribution >= 4 is 40.7 Å². The SMILES string of the molecule is CC(=NNC(=O)c1ccc(CSc2ccc(Cl)cc2)cc1)c1ccc2c(c1)C1C=CCC1C(c1ccccc1)N2. The molecular weight excluding hydrogens is 534 g/mol. The van der Waals surface area contributed by atoms with Gasteiger partial charge in [0.2, 0.25) is 0 Å². The largest absolute Gasteiger partial charge is 0.378 e. The van der Waals surface area contributed by atoms with E-state index in [1.165, 1.54) is 11.1 Å². The first-order chi connectivity index (χ1) is 19.5. The first-order valence-electron chi connectivity index (χ1n) is 13.5. The quantitative estimate of drug-likeness (QED) is 0.102. The second-order valence-corrected chi connectivity index (χ2v) is 11.8. The molecule has 1 heterocycles. The second-order valence-electron chi connectivity index (χ2n) is 10.3. The van der Waals surface area contributed by atoms with Gasteiger partial charge in [0.05, 0.1) is 11.8 Å². The number of allylic oxidation sites excluding steroid dienone is 2. The molecule has 1 aliphatic heterocycles. The zero-order valence-corrected chi connectivity index (χ0v) is 23.8. The molecule has 4 nitrogen and oxygen atoms in total. The van der Waals surface area contributed by atoms with Crippen LogP contribution >= 0.6 is 23.4 Å². The van der Waals surface area contributed by atoms with Crippen LogP contribution in [0.2, 0.25) is 5.02 Å². The summed E-state index contributed by atoms with van der Waals surface area (Å²) in [6.07, 6.45) is 5.70. The minimum absolute atomic E-state index is 0.222. The number of rotatable bonds is 7. The van der Waals surface area contributed by atoms with E-state index in [0.717, 1.165) is 44.6 Å². The standard InChI is InChI=1S/C34H30ClN3OS/c1-22(37-38-34(39)25-12-10-23(11-13-25)21-40-28-17-15-27(35)16-18-28)26-14-19-32-31(20-26)29-8-5-9-30(29)33(36-32)24-6-3-2-4-7-24/h2-8,10-20,29-30,33,36H,9,21H2,1H3,(H,38,39). The fraction of sp³-hybridized carbons (Fsp3) is 0.176. The van der Waals surface area contributed by atoms with Crippen LogP contribution in [0.15, 0.2) is 119 Å². The van der Waals surface area contributed by atoms with E-state index in [0.29, 0.717) is 17.4 Å². The third kappa shape index (κ3) is 5.72. The fourth-order valence-corrected chi connectivity index (χ4v) is 6.50. The predicted octanol–water partition coefficient (Wildman–Crippen LogP) is 8.61. The minimum Gasteiger partial charge on any atom is -0.378 e. The Kier molecular flexibility index (Phi) is 7.76. The number of halogens is 1. The maximum absolute atomic E-state index is 12.8. The van der Waals surface area contributed by atoms with Crippen LogP contribution in [0.3, 0.4) is 0 Å². The van der Waals surface area contributed by atoms with Crippen molar-refractivity contribution in [2.45, 2.75) is 36.0 Å². The molecule has 3 unspecified atom stereocenters. The van der Waals surface area contributed by atoms with Crippen molar-refractivity contribution in [2.24, 2.45) is 11.0 Å². The van der Waals surface area contributed by atoms with Crippen LogP contribution in [0.5, 0.6) is 0 Å². The van der Waals surface area contributed by atoms with E-state index in [1.807, 2.05) is 55.5 Å². The zero-order valence-electron chi connectivity index (χ0n) is 22.2. The van der Waals surface area contributed by atoms with Gasteiger partial charge in [-0.05, 0) is 90.0 Å². The van der Waals surface area contributed by atoms with Gasteiger partial charge in [-0.3, -0.25) is 4.79 Å². The van der Waals surface area contributed by atoms with E-state index in [9.17, 15) is 4.79 Å². The number of hydrogen-bond donors (Lipinski definition) is 2. The van der Waals surface area contributed by atoms with Gasteiger partial charge in [0.1, 0.15) is 0 Å². The predicted molar refractivity (Wildman–Crippen MR) is 166 cm³/mol. The number of thioether (sulfide) groups is 1. The smallest absolute Gasteiger partial charge is 0.271 e. The van der Waals surface area contributed by atoms with Crippen molar-refractivity contribution in [1.29, 1.82) is 0 Å². The molecule has 1 amide bonds. The van der Waals surface area contributed by atoms with E-state index >= 15 is 0 Å². The Hall–Kier alpha value is -3.80. The number of hydrazone groups is 1. The van der Waals surface area contributed by atoms with E-state index in [-0.39, 0.29) is 11.9 Å². The van der Waals surface area contributed by atoms with Crippen molar-refractivity contribution in [3.8, 4) is 0 Å². The Labute approximate surface area is 244 Å². The number of carbonyl (C=O) groups excluding carboxylic acids is 1. The van der Waals surface area contributed by atoms with Gasteiger partial charge in [-0.15, -0.1) is 11.8 Å². The molecule has 1 aliphatic carbocycles. The molecule has 0 bridgehead atoms. The van der Waals surface area contributed by atoms with E-state index in [2.05, 4.69) is 76.5 Å². The van der Waals surface area contributed by atoms with Gasteiger partial charge < -0.3 is 5.32 Å². The van der Waals surface area contributed by atoms with Gasteiger partial charge in [0.25, 0.3) is 5.91 Å². The average Bonchev–Trinajstić information content (AvgIpc) is 3.50. The number of anilines is 1. The molecule has 2 aliphatic rings. The molecule has 6 heteroatoms. The number of fused-ring (bicyclic) bond motifs is 3. The highest BCUT2D eigenvalue weighted by Crippen LogP contribution is 2.49. The maximum Gasteiger partial charge on any atom is 0.271 e. The summed E-state index contributed by atoms with van der Waals surface area (Å²) >= 11 is 7.70. The molecule has 4 aromatic carbocycles. The highest BCUT2D eigenvalue weighted by molar-refractivity contribution is 7.98. The van der Waals surface area contributed by atoms with Crippen LogP contribution in [0.4, 0.5) is 5.69 Å². The van der Waals surface area contributed by atoms with Crippen molar-refractivity contribution in [1.82, 2.24) is 5.43 Å². The molecule has 3 atom stereocenters. The normalized spacial score (nSPS) is 19.4. The highest BCUT2D eigenvalue weighted by Gasteiger charge is 2.37. The lowest BCUT2D eigenvalue weighted by Gasteiger charge is -2.37. The monoisotopic (exact) mass is 563 g/mol. The highest BCUT2D eigenvalue weighted by atomic mass is 35.5. The average molecular weight is 564 g/mol. The van der Waals surface area contributed by atoms with Gasteiger partial charge >= 0.3 is 0 Å². The maximum atomic E-state index is 12.8. The molecular formula is C34H30ClN3OS. The summed E-state index contributed by atoms with van der Waals surface area (Å²) in [4.78, 5) is 14.0. The van der Waals surface area contributed by atoms with Crippen LogP contribution in [-0.4, -0.2) is 11.6 Å². The summed E-state index contributed by atoms with van der Waals surface area (Å²) in [5, 5.41) is 8.96. The zero-order chi connectivity index (χ0) is 27.5. The second kappa shape index (κ2) is 11.7. The van der Waals surface area contributed by atoms with Crippen molar-refractivity contribution in [3.05, 3.63) is 142 Å². The number of carbonyl (C=O) groups is 1. The Morgan fingerprint density at radius 2 is 1.73 bits per heavy atom. The minimum atomic E-state index is -0.222. The molecule has 4 aromatic rings. The van der Waals surface area contributed by atoms with Crippen LogP contribution in [0.1, 0.15) is 57.9 Å². The number of amides is 1. The molecule has 0 saturated carbocycles. The van der Waals surface area contributed by atoms with E-state index < -0.39 is 0 Å². The van der Waals surface area contributed by atoms with Gasteiger partial charge in [0, 0.05) is 32.8 Å². The Morgan fingerprint density at radius 3 is 2.50 bits per heavy atom.